The number of hydrogen-bond acceptors (Lipinski definition) is 5. The monoisotopic (exact) mass is 261 g/mol. The van der Waals surface area contributed by atoms with Crippen LogP contribution in [0.5, 0.6) is 0 Å². The number of nitrogens with zero attached hydrogens (tertiary/aromatic N) is 2. The lowest BCUT2D eigenvalue weighted by Crippen LogP contribution is -2.55. The first-order valence-corrected chi connectivity index (χ1v) is 7.76. The van der Waals surface area contributed by atoms with E-state index in [1.165, 1.54) is 0 Å². The van der Waals surface area contributed by atoms with Crippen molar-refractivity contribution < 1.29 is 13.2 Å². The normalized spacial score (nSPS) is 29.8. The van der Waals surface area contributed by atoms with Gasteiger partial charge in [0.1, 0.15) is 0 Å². The number of hydrogen-bond donors (Lipinski definition) is 1. The smallest absolute Gasteiger partial charge is 0.237 e. The lowest BCUT2D eigenvalue weighted by atomic mass is 10.2. The second kappa shape index (κ2) is 4.91. The molecule has 1 unspecified atom stereocenters. The molecule has 2 aliphatic heterocycles. The van der Waals surface area contributed by atoms with Gasteiger partial charge in [0, 0.05) is 32.2 Å². The van der Waals surface area contributed by atoms with Crippen LogP contribution in [0, 0.1) is 0 Å². The number of piperazine rings is 1. The first kappa shape index (κ1) is 12.8. The average Bonchev–Trinajstić information content (AvgIpc) is 2.59. The molecule has 0 aromatic heterocycles. The molecule has 7 heteroatoms. The van der Waals surface area contributed by atoms with E-state index in [1.807, 2.05) is 4.90 Å². The summed E-state index contributed by atoms with van der Waals surface area (Å²) < 4.78 is 22.8. The number of sulfone groups is 1. The molecule has 6 nitrogen and oxygen atoms in total. The number of carbonyl (C=O) groups excluding carboxylic acids is 1. The summed E-state index contributed by atoms with van der Waals surface area (Å²) in [6.07, 6.45) is 0.588. The van der Waals surface area contributed by atoms with E-state index in [1.54, 1.807) is 4.90 Å². The van der Waals surface area contributed by atoms with Gasteiger partial charge in [0.2, 0.25) is 5.91 Å². The van der Waals surface area contributed by atoms with Crippen molar-refractivity contribution in [1.29, 1.82) is 0 Å². The Balaban J connectivity index is 1.94. The summed E-state index contributed by atoms with van der Waals surface area (Å²) in [5, 5.41) is 0. The molecule has 98 valence electrons. The molecule has 2 saturated heterocycles. The summed E-state index contributed by atoms with van der Waals surface area (Å²) in [6, 6.07) is -0.104. The van der Waals surface area contributed by atoms with Gasteiger partial charge in [-0.05, 0) is 6.42 Å². The highest BCUT2D eigenvalue weighted by atomic mass is 32.2. The fourth-order valence-electron chi connectivity index (χ4n) is 2.52. The summed E-state index contributed by atoms with van der Waals surface area (Å²) in [4.78, 5) is 15.7. The number of amides is 1. The molecule has 0 radical (unpaired) electrons. The lowest BCUT2D eigenvalue weighted by Gasteiger charge is -2.37. The van der Waals surface area contributed by atoms with E-state index in [0.29, 0.717) is 26.1 Å². The van der Waals surface area contributed by atoms with Gasteiger partial charge >= 0.3 is 0 Å². The second-order valence-electron chi connectivity index (χ2n) is 4.71. The highest BCUT2D eigenvalue weighted by molar-refractivity contribution is 7.91. The van der Waals surface area contributed by atoms with Crippen LogP contribution in [0.4, 0.5) is 0 Å². The van der Waals surface area contributed by atoms with Gasteiger partial charge < -0.3 is 10.6 Å². The zero-order valence-corrected chi connectivity index (χ0v) is 10.7. The largest absolute Gasteiger partial charge is 0.336 e. The maximum atomic E-state index is 11.9. The average molecular weight is 261 g/mol. The predicted molar refractivity (Wildman–Crippen MR) is 64.3 cm³/mol. The Labute approximate surface area is 102 Å². The highest BCUT2D eigenvalue weighted by Gasteiger charge is 2.36. The Hall–Kier alpha value is -0.660. The minimum absolute atomic E-state index is 0.0341. The van der Waals surface area contributed by atoms with Crippen LogP contribution in [-0.2, 0) is 14.6 Å². The van der Waals surface area contributed by atoms with Crippen molar-refractivity contribution in [3.63, 3.8) is 0 Å². The summed E-state index contributed by atoms with van der Waals surface area (Å²) in [6.45, 7) is 3.06. The molecular formula is C10H19N3O3S. The molecule has 0 saturated carbocycles. The maximum Gasteiger partial charge on any atom is 0.237 e. The van der Waals surface area contributed by atoms with Crippen molar-refractivity contribution in [3.05, 3.63) is 0 Å². The Morgan fingerprint density at radius 1 is 1.35 bits per heavy atom. The third-order valence-electron chi connectivity index (χ3n) is 3.43. The molecule has 0 spiro atoms. The maximum absolute atomic E-state index is 11.9. The first-order valence-electron chi connectivity index (χ1n) is 5.94. The molecule has 0 aromatic carbocycles. The first-order chi connectivity index (χ1) is 8.02. The molecule has 2 rings (SSSR count). The fraction of sp³-hybridized carbons (Fsp3) is 0.900. The van der Waals surface area contributed by atoms with Crippen molar-refractivity contribution in [2.45, 2.75) is 12.5 Å². The number of carbonyl (C=O) groups is 1. The molecule has 2 aliphatic rings. The van der Waals surface area contributed by atoms with Gasteiger partial charge in [-0.2, -0.15) is 0 Å². The quantitative estimate of drug-likeness (QED) is 0.653. The molecule has 2 N–H and O–H groups in total. The van der Waals surface area contributed by atoms with Crippen LogP contribution in [0.25, 0.3) is 0 Å². The van der Waals surface area contributed by atoms with E-state index < -0.39 is 9.84 Å². The van der Waals surface area contributed by atoms with E-state index >= 15 is 0 Å². The Morgan fingerprint density at radius 2 is 2.12 bits per heavy atom. The van der Waals surface area contributed by atoms with Crippen molar-refractivity contribution in [1.82, 2.24) is 9.80 Å². The van der Waals surface area contributed by atoms with E-state index in [9.17, 15) is 13.2 Å². The number of nitrogens with two attached hydrogens (primary N) is 1. The van der Waals surface area contributed by atoms with E-state index in [-0.39, 0.29) is 23.5 Å². The minimum atomic E-state index is -2.92. The molecule has 1 atom stereocenters. The summed E-state index contributed by atoms with van der Waals surface area (Å²) in [5.74, 6) is 0.385. The van der Waals surface area contributed by atoms with Crippen molar-refractivity contribution in [3.8, 4) is 0 Å². The molecule has 17 heavy (non-hydrogen) atoms. The van der Waals surface area contributed by atoms with E-state index in [2.05, 4.69) is 0 Å². The van der Waals surface area contributed by atoms with Gasteiger partial charge in [-0.25, -0.2) is 8.42 Å². The lowest BCUT2D eigenvalue weighted by molar-refractivity contribution is -0.138. The fourth-order valence-corrected chi connectivity index (χ4v) is 4.25. The Kier molecular flexibility index (Phi) is 3.70. The molecule has 1 amide bonds. The third-order valence-corrected chi connectivity index (χ3v) is 5.18. The molecule has 0 aliphatic carbocycles. The van der Waals surface area contributed by atoms with Crippen LogP contribution in [0.3, 0.4) is 0 Å². The van der Waals surface area contributed by atoms with Crippen LogP contribution in [-0.4, -0.2) is 74.4 Å². The van der Waals surface area contributed by atoms with Gasteiger partial charge in [0.05, 0.1) is 18.1 Å². The van der Waals surface area contributed by atoms with Gasteiger partial charge in [0.25, 0.3) is 0 Å². The van der Waals surface area contributed by atoms with Gasteiger partial charge in [-0.1, -0.05) is 0 Å². The van der Waals surface area contributed by atoms with Crippen molar-refractivity contribution in [2.24, 2.45) is 5.73 Å². The van der Waals surface area contributed by atoms with E-state index in [0.717, 1.165) is 13.1 Å². The summed E-state index contributed by atoms with van der Waals surface area (Å²) >= 11 is 0. The zero-order valence-electron chi connectivity index (χ0n) is 9.84. The highest BCUT2D eigenvalue weighted by Crippen LogP contribution is 2.19. The van der Waals surface area contributed by atoms with Crippen LogP contribution < -0.4 is 5.73 Å². The molecular weight excluding hydrogens is 242 g/mol. The predicted octanol–water partition coefficient (Wildman–Crippen LogP) is -1.72. The minimum Gasteiger partial charge on any atom is -0.336 e. The third kappa shape index (κ3) is 2.97. The van der Waals surface area contributed by atoms with Crippen LogP contribution in [0.1, 0.15) is 6.42 Å². The van der Waals surface area contributed by atoms with Gasteiger partial charge in [-0.15, -0.1) is 0 Å². The van der Waals surface area contributed by atoms with E-state index in [4.69, 9.17) is 5.73 Å². The zero-order chi connectivity index (χ0) is 12.5. The molecule has 0 aromatic rings. The van der Waals surface area contributed by atoms with Crippen molar-refractivity contribution in [2.75, 3.05) is 44.2 Å². The Morgan fingerprint density at radius 3 is 2.65 bits per heavy atom. The summed E-state index contributed by atoms with van der Waals surface area (Å²) in [7, 11) is -2.92. The topological polar surface area (TPSA) is 83.7 Å². The van der Waals surface area contributed by atoms with Crippen LogP contribution >= 0.6 is 0 Å². The number of rotatable bonds is 3. The van der Waals surface area contributed by atoms with Crippen molar-refractivity contribution >= 4 is 15.7 Å². The summed E-state index contributed by atoms with van der Waals surface area (Å²) in [5.41, 5.74) is 5.45. The molecule has 2 fully saturated rings. The SMILES string of the molecule is NCCN1CCN(C2CCS(=O)(=O)C2)C(=O)C1. The second-order valence-corrected chi connectivity index (χ2v) is 6.94. The molecule has 0 bridgehead atoms. The van der Waals surface area contributed by atoms with Gasteiger partial charge in [-0.3, -0.25) is 9.69 Å². The Bertz CT molecular complexity index is 396. The van der Waals surface area contributed by atoms with Crippen LogP contribution in [0.15, 0.2) is 0 Å². The van der Waals surface area contributed by atoms with Gasteiger partial charge in [0.15, 0.2) is 9.84 Å². The van der Waals surface area contributed by atoms with Crippen LogP contribution in [0.2, 0.25) is 0 Å². The molecule has 2 heterocycles. The standard InChI is InChI=1S/C10H19N3O3S/c11-2-3-12-4-5-13(10(14)7-12)9-1-6-17(15,16)8-9/h9H,1-8,11H2.